The van der Waals surface area contributed by atoms with E-state index in [0.29, 0.717) is 17.5 Å². The third kappa shape index (κ3) is 10.5. The van der Waals surface area contributed by atoms with Crippen LogP contribution in [0.5, 0.6) is 5.75 Å². The van der Waals surface area contributed by atoms with E-state index in [1.54, 1.807) is 6.92 Å². The van der Waals surface area contributed by atoms with Crippen molar-refractivity contribution < 1.29 is 31.5 Å². The van der Waals surface area contributed by atoms with Crippen molar-refractivity contribution in [2.45, 2.75) is 13.1 Å². The number of aliphatic imine (C=N–C) groups is 1. The van der Waals surface area contributed by atoms with Crippen LogP contribution in [-0.4, -0.2) is 62.8 Å². The van der Waals surface area contributed by atoms with E-state index in [9.17, 15) is 26.7 Å². The smallest absolute Gasteiger partial charge is 0.406 e. The maximum atomic E-state index is 13.4. The molecular weight excluding hydrogens is 502 g/mol. The molecule has 28 heavy (non-hydrogen) atoms. The lowest BCUT2D eigenvalue weighted by atomic mass is 10.3. The Morgan fingerprint density at radius 2 is 1.93 bits per heavy atom. The number of nitrogens with one attached hydrogen (secondary N) is 2. The summed E-state index contributed by atoms with van der Waals surface area (Å²) in [7, 11) is 1.04. The number of benzene rings is 1. The van der Waals surface area contributed by atoms with Crippen LogP contribution < -0.4 is 15.4 Å². The van der Waals surface area contributed by atoms with Crippen LogP contribution in [0.2, 0.25) is 0 Å². The minimum Gasteiger partial charge on any atom is -0.489 e. The number of nitrogens with zero attached hydrogens (tertiary/aromatic N) is 2. The Labute approximate surface area is 176 Å². The van der Waals surface area contributed by atoms with E-state index < -0.39 is 36.8 Å². The predicted octanol–water partition coefficient (Wildman–Crippen LogP) is 2.54. The molecule has 0 aliphatic rings. The van der Waals surface area contributed by atoms with Crippen molar-refractivity contribution in [2.24, 2.45) is 4.99 Å². The normalized spacial score (nSPS) is 11.5. The molecule has 12 heteroatoms. The molecule has 0 heterocycles. The van der Waals surface area contributed by atoms with Crippen LogP contribution >= 0.6 is 24.0 Å². The zero-order valence-corrected chi connectivity index (χ0v) is 17.6. The molecule has 0 bridgehead atoms. The highest BCUT2D eigenvalue weighted by Crippen LogP contribution is 2.17. The quantitative estimate of drug-likeness (QED) is 0.181. The van der Waals surface area contributed by atoms with Crippen molar-refractivity contribution in [2.75, 3.05) is 39.8 Å². The highest BCUT2D eigenvalue weighted by Gasteiger charge is 2.31. The van der Waals surface area contributed by atoms with Gasteiger partial charge in [0.2, 0.25) is 5.91 Å². The van der Waals surface area contributed by atoms with Crippen molar-refractivity contribution >= 4 is 35.8 Å². The molecule has 0 saturated heterocycles. The van der Waals surface area contributed by atoms with Crippen LogP contribution in [-0.2, 0) is 4.79 Å². The van der Waals surface area contributed by atoms with Gasteiger partial charge in [-0.3, -0.25) is 4.79 Å². The van der Waals surface area contributed by atoms with E-state index in [2.05, 4.69) is 15.6 Å². The summed E-state index contributed by atoms with van der Waals surface area (Å²) in [5, 5.41) is 5.60. The lowest BCUT2D eigenvalue weighted by molar-refractivity contribution is -0.157. The first-order valence-corrected chi connectivity index (χ1v) is 8.03. The van der Waals surface area contributed by atoms with Gasteiger partial charge in [0.25, 0.3) is 0 Å². The Bertz CT molecular complexity index is 658. The molecule has 0 aliphatic carbocycles. The summed E-state index contributed by atoms with van der Waals surface area (Å²) in [5.74, 6) is -2.29. The van der Waals surface area contributed by atoms with E-state index in [4.69, 9.17) is 4.74 Å². The fourth-order valence-corrected chi connectivity index (χ4v) is 1.89. The zero-order chi connectivity index (χ0) is 20.4. The molecule has 0 atom stereocenters. The first kappa shape index (κ1) is 26.1. The minimum atomic E-state index is -4.48. The molecule has 0 fully saturated rings. The topological polar surface area (TPSA) is 66.0 Å². The number of halogens is 6. The third-order valence-electron chi connectivity index (χ3n) is 3.10. The van der Waals surface area contributed by atoms with Crippen molar-refractivity contribution in [1.29, 1.82) is 0 Å². The second-order valence-electron chi connectivity index (χ2n) is 5.41. The van der Waals surface area contributed by atoms with Crippen molar-refractivity contribution in [3.63, 3.8) is 0 Å². The maximum Gasteiger partial charge on any atom is 0.406 e. The van der Waals surface area contributed by atoms with Crippen molar-refractivity contribution in [1.82, 2.24) is 15.5 Å². The SMILES string of the molecule is CCNC(=NCC(=O)N(C)CC(F)(F)F)NCCOc1ccc(F)cc1F.I. The average molecular weight is 524 g/mol. The molecule has 0 aromatic heterocycles. The Hall–Kier alpha value is -1.86. The number of amides is 1. The Morgan fingerprint density at radius 3 is 2.50 bits per heavy atom. The maximum absolute atomic E-state index is 13.4. The van der Waals surface area contributed by atoms with Gasteiger partial charge in [0.1, 0.15) is 25.5 Å². The lowest BCUT2D eigenvalue weighted by Crippen LogP contribution is -2.41. The van der Waals surface area contributed by atoms with Crippen molar-refractivity contribution in [3.05, 3.63) is 29.8 Å². The van der Waals surface area contributed by atoms with Crippen LogP contribution in [0.15, 0.2) is 23.2 Å². The Balaban J connectivity index is 0.00000729. The highest BCUT2D eigenvalue weighted by molar-refractivity contribution is 14.0. The first-order valence-electron chi connectivity index (χ1n) is 8.03. The summed E-state index contributed by atoms with van der Waals surface area (Å²) in [4.78, 5) is 16.1. The van der Waals surface area contributed by atoms with Gasteiger partial charge in [-0.2, -0.15) is 13.2 Å². The van der Waals surface area contributed by atoms with E-state index in [1.807, 2.05) is 0 Å². The predicted molar refractivity (Wildman–Crippen MR) is 105 cm³/mol. The fraction of sp³-hybridized carbons (Fsp3) is 0.500. The van der Waals surface area contributed by atoms with Crippen LogP contribution in [0, 0.1) is 11.6 Å². The van der Waals surface area contributed by atoms with E-state index in [-0.39, 0.29) is 48.8 Å². The summed E-state index contributed by atoms with van der Waals surface area (Å²) in [6, 6.07) is 2.90. The summed E-state index contributed by atoms with van der Waals surface area (Å²) in [6.45, 7) is 0.549. The summed E-state index contributed by atoms with van der Waals surface area (Å²) >= 11 is 0. The number of ether oxygens (including phenoxy) is 1. The number of rotatable bonds is 8. The highest BCUT2D eigenvalue weighted by atomic mass is 127. The fourth-order valence-electron chi connectivity index (χ4n) is 1.89. The van der Waals surface area contributed by atoms with Crippen LogP contribution in [0.4, 0.5) is 22.0 Å². The molecular formula is C16H22F5IN4O2. The molecule has 1 aromatic carbocycles. The lowest BCUT2D eigenvalue weighted by Gasteiger charge is -2.18. The van der Waals surface area contributed by atoms with Gasteiger partial charge in [-0.15, -0.1) is 24.0 Å². The van der Waals surface area contributed by atoms with Gasteiger partial charge in [-0.1, -0.05) is 0 Å². The molecule has 2 N–H and O–H groups in total. The Kier molecular flexibility index (Phi) is 11.7. The van der Waals surface area contributed by atoms with Gasteiger partial charge < -0.3 is 20.3 Å². The second kappa shape index (κ2) is 12.6. The molecule has 1 rings (SSSR count). The van der Waals surface area contributed by atoms with Crippen LogP contribution in [0.25, 0.3) is 0 Å². The number of hydrogen-bond donors (Lipinski definition) is 2. The molecule has 0 aliphatic heterocycles. The molecule has 1 amide bonds. The first-order chi connectivity index (χ1) is 12.6. The number of likely N-dealkylation sites (N-methyl/N-ethyl adjacent to an activating group) is 1. The Morgan fingerprint density at radius 1 is 1.25 bits per heavy atom. The van der Waals surface area contributed by atoms with Crippen molar-refractivity contribution in [3.8, 4) is 5.75 Å². The summed E-state index contributed by atoms with van der Waals surface area (Å²) in [6.07, 6.45) is -4.48. The zero-order valence-electron chi connectivity index (χ0n) is 15.3. The van der Waals surface area contributed by atoms with Gasteiger partial charge >= 0.3 is 6.18 Å². The standard InChI is InChI=1S/C16H21F5N4O2.HI/c1-3-22-15(24-9-14(26)25(2)10-16(19,20)21)23-6-7-27-13-5-4-11(17)8-12(13)18;/h4-5,8H,3,6-7,9-10H2,1-2H3,(H2,22,23,24);1H. The largest absolute Gasteiger partial charge is 0.489 e. The van der Waals surface area contributed by atoms with Gasteiger partial charge in [-0.05, 0) is 19.1 Å². The van der Waals surface area contributed by atoms with Gasteiger partial charge in [-0.25, -0.2) is 13.8 Å². The van der Waals surface area contributed by atoms with Crippen LogP contribution in [0.1, 0.15) is 6.92 Å². The van der Waals surface area contributed by atoms with E-state index >= 15 is 0 Å². The molecule has 160 valence electrons. The molecule has 6 nitrogen and oxygen atoms in total. The third-order valence-corrected chi connectivity index (χ3v) is 3.10. The monoisotopic (exact) mass is 524 g/mol. The summed E-state index contributed by atoms with van der Waals surface area (Å²) < 4.78 is 68.2. The minimum absolute atomic E-state index is 0. The molecule has 0 saturated carbocycles. The van der Waals surface area contributed by atoms with E-state index in [0.717, 1.165) is 19.2 Å². The van der Waals surface area contributed by atoms with Gasteiger partial charge in [0, 0.05) is 19.7 Å². The number of alkyl halides is 3. The molecule has 0 spiro atoms. The summed E-state index contributed by atoms with van der Waals surface area (Å²) in [5.41, 5.74) is 0. The molecule has 0 radical (unpaired) electrons. The number of hydrogen-bond acceptors (Lipinski definition) is 3. The number of carbonyl (C=O) groups excluding carboxylic acids is 1. The number of guanidine groups is 1. The molecule has 1 aromatic rings. The molecule has 0 unspecified atom stereocenters. The van der Waals surface area contributed by atoms with Gasteiger partial charge in [0.05, 0.1) is 6.54 Å². The van der Waals surface area contributed by atoms with E-state index in [1.165, 1.54) is 0 Å². The second-order valence-corrected chi connectivity index (χ2v) is 5.41. The van der Waals surface area contributed by atoms with Gasteiger partial charge in [0.15, 0.2) is 17.5 Å². The van der Waals surface area contributed by atoms with Crippen LogP contribution in [0.3, 0.4) is 0 Å². The average Bonchev–Trinajstić information content (AvgIpc) is 2.56. The number of carbonyl (C=O) groups is 1.